The van der Waals surface area contributed by atoms with Crippen LogP contribution in [0.15, 0.2) is 42.5 Å². The normalized spacial score (nSPS) is 18.8. The van der Waals surface area contributed by atoms with Crippen molar-refractivity contribution in [2.75, 3.05) is 5.32 Å². The molecule has 0 bridgehead atoms. The molecule has 1 saturated carbocycles. The Kier molecular flexibility index (Phi) is 5.61. The lowest BCUT2D eigenvalue weighted by Gasteiger charge is -2.25. The summed E-state index contributed by atoms with van der Waals surface area (Å²) in [6.45, 7) is 0.501. The number of anilines is 1. The average Bonchev–Trinajstić information content (AvgIpc) is 3.18. The number of nitrogens with one attached hydrogen (secondary N) is 1. The van der Waals surface area contributed by atoms with Gasteiger partial charge >= 0.3 is 5.97 Å². The number of carboxylic acid groups (broad SMARTS) is 1. The van der Waals surface area contributed by atoms with Crippen LogP contribution in [-0.2, 0) is 11.3 Å². The Labute approximate surface area is 193 Å². The van der Waals surface area contributed by atoms with E-state index in [0.29, 0.717) is 24.4 Å². The minimum absolute atomic E-state index is 0.0583. The van der Waals surface area contributed by atoms with E-state index in [9.17, 15) is 15.0 Å². The number of fused-ring (bicyclic) bond motifs is 3. The van der Waals surface area contributed by atoms with Crippen molar-refractivity contribution in [3.8, 4) is 5.75 Å². The van der Waals surface area contributed by atoms with Gasteiger partial charge in [-0.25, -0.2) is 9.97 Å². The van der Waals surface area contributed by atoms with E-state index < -0.39 is 5.97 Å². The van der Waals surface area contributed by atoms with E-state index in [1.165, 1.54) is 0 Å². The minimum Gasteiger partial charge on any atom is -0.506 e. The first-order valence-electron chi connectivity index (χ1n) is 10.6. The van der Waals surface area contributed by atoms with Crippen molar-refractivity contribution in [1.29, 1.82) is 0 Å². The SMILES string of the molecule is O=C(O)C1CCC(c2nc(NCc3ccc(O)c(Cl)c3)c3c(n2)sc2ccccc23)CC1. The van der Waals surface area contributed by atoms with Crippen LogP contribution in [0.4, 0.5) is 5.82 Å². The van der Waals surface area contributed by atoms with Crippen molar-refractivity contribution in [2.24, 2.45) is 5.92 Å². The second-order valence-corrected chi connectivity index (χ2v) is 9.67. The number of aliphatic carboxylic acids is 1. The monoisotopic (exact) mass is 467 g/mol. The van der Waals surface area contributed by atoms with Gasteiger partial charge in [0.15, 0.2) is 0 Å². The van der Waals surface area contributed by atoms with Gasteiger partial charge < -0.3 is 15.5 Å². The van der Waals surface area contributed by atoms with Crippen molar-refractivity contribution in [2.45, 2.75) is 38.1 Å². The highest BCUT2D eigenvalue weighted by Gasteiger charge is 2.29. The van der Waals surface area contributed by atoms with Gasteiger partial charge in [-0.05, 0) is 49.4 Å². The maximum Gasteiger partial charge on any atom is 0.306 e. The zero-order chi connectivity index (χ0) is 22.2. The van der Waals surface area contributed by atoms with Crippen molar-refractivity contribution < 1.29 is 15.0 Å². The van der Waals surface area contributed by atoms with Crippen LogP contribution in [0.2, 0.25) is 5.02 Å². The van der Waals surface area contributed by atoms with Crippen molar-refractivity contribution in [3.63, 3.8) is 0 Å². The van der Waals surface area contributed by atoms with Crippen LogP contribution in [0.25, 0.3) is 20.3 Å². The first-order chi connectivity index (χ1) is 15.5. The first-order valence-corrected chi connectivity index (χ1v) is 11.8. The van der Waals surface area contributed by atoms with Crippen LogP contribution in [-0.4, -0.2) is 26.2 Å². The number of rotatable bonds is 5. The zero-order valence-electron chi connectivity index (χ0n) is 17.2. The summed E-state index contributed by atoms with van der Waals surface area (Å²) in [5.41, 5.74) is 0.933. The molecule has 164 valence electrons. The van der Waals surface area contributed by atoms with Gasteiger partial charge in [-0.15, -0.1) is 11.3 Å². The van der Waals surface area contributed by atoms with Gasteiger partial charge in [-0.2, -0.15) is 0 Å². The molecule has 0 unspecified atom stereocenters. The lowest BCUT2D eigenvalue weighted by Crippen LogP contribution is -2.21. The fourth-order valence-electron chi connectivity index (χ4n) is 4.39. The predicted octanol–water partition coefficient (Wildman–Crippen LogP) is 6.17. The fourth-order valence-corrected chi connectivity index (χ4v) is 5.68. The third-order valence-electron chi connectivity index (χ3n) is 6.17. The van der Waals surface area contributed by atoms with Crippen molar-refractivity contribution in [3.05, 3.63) is 58.9 Å². The fraction of sp³-hybridized carbons (Fsp3) is 0.292. The summed E-state index contributed by atoms with van der Waals surface area (Å²) < 4.78 is 1.15. The quantitative estimate of drug-likeness (QED) is 0.324. The molecule has 0 spiro atoms. The summed E-state index contributed by atoms with van der Waals surface area (Å²) in [5.74, 6) is 0.785. The Balaban J connectivity index is 1.51. The molecule has 2 aromatic carbocycles. The molecule has 0 radical (unpaired) electrons. The highest BCUT2D eigenvalue weighted by molar-refractivity contribution is 7.25. The van der Waals surface area contributed by atoms with E-state index in [1.807, 2.05) is 18.2 Å². The Morgan fingerprint density at radius 3 is 2.66 bits per heavy atom. The van der Waals surface area contributed by atoms with Crippen LogP contribution >= 0.6 is 22.9 Å². The van der Waals surface area contributed by atoms with Gasteiger partial charge in [0.2, 0.25) is 0 Å². The Morgan fingerprint density at radius 1 is 1.12 bits per heavy atom. The number of carboxylic acids is 1. The lowest BCUT2D eigenvalue weighted by atomic mass is 9.81. The molecular weight excluding hydrogens is 446 g/mol. The van der Waals surface area contributed by atoms with E-state index in [4.69, 9.17) is 21.6 Å². The number of hydrogen-bond acceptors (Lipinski definition) is 6. The summed E-state index contributed by atoms with van der Waals surface area (Å²) >= 11 is 7.71. The number of phenols is 1. The summed E-state index contributed by atoms with van der Waals surface area (Å²) in [4.78, 5) is 22.1. The first kappa shape index (κ1) is 21.0. The number of carbonyl (C=O) groups is 1. The smallest absolute Gasteiger partial charge is 0.306 e. The molecule has 4 aromatic rings. The second-order valence-electron chi connectivity index (χ2n) is 8.23. The largest absolute Gasteiger partial charge is 0.506 e. The van der Waals surface area contributed by atoms with E-state index in [-0.39, 0.29) is 17.6 Å². The summed E-state index contributed by atoms with van der Waals surface area (Å²) in [6.07, 6.45) is 2.87. The van der Waals surface area contributed by atoms with Crippen molar-refractivity contribution >= 4 is 55.0 Å². The molecule has 32 heavy (non-hydrogen) atoms. The van der Waals surface area contributed by atoms with Gasteiger partial charge in [0.25, 0.3) is 0 Å². The maximum absolute atomic E-state index is 11.3. The lowest BCUT2D eigenvalue weighted by molar-refractivity contribution is -0.142. The molecule has 8 heteroatoms. The molecule has 3 N–H and O–H groups in total. The standard InChI is InChI=1S/C24H22ClN3O3S/c25-17-11-13(5-10-18(17)29)12-26-22-20-16-3-1-2-4-19(16)32-23(20)28-21(27-22)14-6-8-15(9-7-14)24(30)31/h1-5,10-11,14-15,29H,6-9,12H2,(H,30,31)(H,26,27,28). The third kappa shape index (κ3) is 3.98. The molecule has 0 saturated heterocycles. The molecule has 6 nitrogen and oxygen atoms in total. The van der Waals surface area contributed by atoms with E-state index >= 15 is 0 Å². The minimum atomic E-state index is -0.709. The van der Waals surface area contributed by atoms with Crippen LogP contribution in [0.1, 0.15) is 43.0 Å². The zero-order valence-corrected chi connectivity index (χ0v) is 18.8. The van der Waals surface area contributed by atoms with Gasteiger partial charge in [-0.1, -0.05) is 35.9 Å². The Morgan fingerprint density at radius 2 is 1.91 bits per heavy atom. The third-order valence-corrected chi connectivity index (χ3v) is 7.54. The number of nitrogens with zero attached hydrogens (tertiary/aromatic N) is 2. The topological polar surface area (TPSA) is 95.3 Å². The summed E-state index contributed by atoms with van der Waals surface area (Å²) in [6, 6.07) is 13.3. The van der Waals surface area contributed by atoms with Gasteiger partial charge in [0.05, 0.1) is 16.3 Å². The molecule has 2 aromatic heterocycles. The van der Waals surface area contributed by atoms with Crippen LogP contribution in [0.3, 0.4) is 0 Å². The average molecular weight is 468 g/mol. The van der Waals surface area contributed by atoms with Gasteiger partial charge in [0, 0.05) is 22.5 Å². The highest BCUT2D eigenvalue weighted by atomic mass is 35.5. The highest BCUT2D eigenvalue weighted by Crippen LogP contribution is 2.40. The predicted molar refractivity (Wildman–Crippen MR) is 128 cm³/mol. The van der Waals surface area contributed by atoms with Crippen LogP contribution < -0.4 is 5.32 Å². The van der Waals surface area contributed by atoms with E-state index in [0.717, 1.165) is 50.4 Å². The molecule has 0 amide bonds. The molecule has 0 atom stereocenters. The molecule has 1 aliphatic rings. The molecular formula is C24H22ClN3O3S. The van der Waals surface area contributed by atoms with Crippen LogP contribution in [0.5, 0.6) is 5.75 Å². The number of benzene rings is 2. The molecule has 5 rings (SSSR count). The summed E-state index contributed by atoms with van der Waals surface area (Å²) in [5, 5.41) is 24.9. The number of aromatic nitrogens is 2. The number of hydrogen-bond donors (Lipinski definition) is 3. The number of halogens is 1. The van der Waals surface area contributed by atoms with E-state index in [2.05, 4.69) is 17.4 Å². The van der Waals surface area contributed by atoms with Gasteiger partial charge in [0.1, 0.15) is 22.2 Å². The van der Waals surface area contributed by atoms with Crippen LogP contribution in [0, 0.1) is 5.92 Å². The number of aromatic hydroxyl groups is 1. The second kappa shape index (κ2) is 8.56. The molecule has 1 fully saturated rings. The van der Waals surface area contributed by atoms with Crippen molar-refractivity contribution in [1.82, 2.24) is 9.97 Å². The molecule has 2 heterocycles. The van der Waals surface area contributed by atoms with Gasteiger partial charge in [-0.3, -0.25) is 4.79 Å². The maximum atomic E-state index is 11.3. The Bertz CT molecular complexity index is 1310. The number of phenolic OH excluding ortho intramolecular Hbond substituents is 1. The molecule has 1 aliphatic carbocycles. The Hall–Kier alpha value is -2.90. The molecule has 0 aliphatic heterocycles. The van der Waals surface area contributed by atoms with E-state index in [1.54, 1.807) is 23.5 Å². The summed E-state index contributed by atoms with van der Waals surface area (Å²) in [7, 11) is 0. The number of thiophene rings is 1.